The molecule has 0 saturated carbocycles. The van der Waals surface area contributed by atoms with Gasteiger partial charge in [-0.2, -0.15) is 0 Å². The van der Waals surface area contributed by atoms with Gasteiger partial charge in [0.15, 0.2) is 0 Å². The average molecular weight is 350 g/mol. The Labute approximate surface area is 124 Å². The van der Waals surface area contributed by atoms with E-state index in [0.717, 1.165) is 12.8 Å². The number of ether oxygens (including phenoxy) is 1. The van der Waals surface area contributed by atoms with Gasteiger partial charge in [-0.05, 0) is 0 Å². The van der Waals surface area contributed by atoms with E-state index in [1.807, 2.05) is 6.08 Å². The van der Waals surface area contributed by atoms with Crippen LogP contribution in [0.25, 0.3) is 0 Å². The van der Waals surface area contributed by atoms with E-state index < -0.39 is 20.1 Å². The second-order valence-electron chi connectivity index (χ2n) is 5.48. The van der Waals surface area contributed by atoms with Gasteiger partial charge in [0.1, 0.15) is 0 Å². The second kappa shape index (κ2) is 9.43. The minimum absolute atomic E-state index is 0.228. The minimum atomic E-state index is -4.68. The van der Waals surface area contributed by atoms with Gasteiger partial charge in [0, 0.05) is 0 Å². The third-order valence-corrected chi connectivity index (χ3v) is 4.63. The molecular weight excluding hydrogens is 323 g/mol. The standard InChI is InChI=1S/C14H27AsO5/c1-5-6-11(2)9-12(3)10-13(4)14(16)20-8-7-15(17,18)19/h10-12H,5-9H2,1-4H3,(H2,17,18,19)/b13-10-. The van der Waals surface area contributed by atoms with Gasteiger partial charge in [-0.15, -0.1) is 0 Å². The van der Waals surface area contributed by atoms with Crippen molar-refractivity contribution in [1.29, 1.82) is 0 Å². The second-order valence-corrected chi connectivity index (χ2v) is 9.21. The summed E-state index contributed by atoms with van der Waals surface area (Å²) in [4.78, 5) is 11.6. The Balaban J connectivity index is 4.21. The zero-order valence-electron chi connectivity index (χ0n) is 12.8. The van der Waals surface area contributed by atoms with Crippen LogP contribution in [0.3, 0.4) is 0 Å². The molecule has 0 heterocycles. The molecule has 0 spiro atoms. The van der Waals surface area contributed by atoms with Gasteiger partial charge in [-0.3, -0.25) is 0 Å². The van der Waals surface area contributed by atoms with Crippen molar-refractivity contribution in [2.24, 2.45) is 11.8 Å². The van der Waals surface area contributed by atoms with Crippen molar-refractivity contribution >= 4 is 20.1 Å². The zero-order valence-corrected chi connectivity index (χ0v) is 14.7. The molecule has 0 rings (SSSR count). The summed E-state index contributed by atoms with van der Waals surface area (Å²) >= 11 is -4.68. The van der Waals surface area contributed by atoms with E-state index in [4.69, 9.17) is 12.9 Å². The zero-order chi connectivity index (χ0) is 15.8. The first-order valence-corrected chi connectivity index (χ1v) is 10.8. The SMILES string of the molecule is CCCC(C)CC(C)/C=C(/C)C(=O)OCC[As](=O)(O)O. The fourth-order valence-corrected chi connectivity index (χ4v) is 2.87. The summed E-state index contributed by atoms with van der Waals surface area (Å²) in [7, 11) is 0. The van der Waals surface area contributed by atoms with E-state index in [-0.39, 0.29) is 17.7 Å². The van der Waals surface area contributed by atoms with Crippen LogP contribution >= 0.6 is 0 Å². The van der Waals surface area contributed by atoms with Crippen molar-refractivity contribution < 1.29 is 21.5 Å². The van der Waals surface area contributed by atoms with Crippen molar-refractivity contribution in [3.63, 3.8) is 0 Å². The Morgan fingerprint density at radius 3 is 2.45 bits per heavy atom. The van der Waals surface area contributed by atoms with Crippen molar-refractivity contribution in [1.82, 2.24) is 0 Å². The van der Waals surface area contributed by atoms with Crippen LogP contribution in [-0.2, 0) is 13.3 Å². The molecule has 0 aromatic heterocycles. The molecule has 0 bridgehead atoms. The van der Waals surface area contributed by atoms with Crippen molar-refractivity contribution in [3.05, 3.63) is 11.6 Å². The van der Waals surface area contributed by atoms with E-state index in [1.165, 1.54) is 6.42 Å². The Kier molecular flexibility index (Phi) is 9.19. The van der Waals surface area contributed by atoms with Gasteiger partial charge in [-0.1, -0.05) is 0 Å². The van der Waals surface area contributed by atoms with E-state index in [1.54, 1.807) is 6.92 Å². The normalized spacial score (nSPS) is 15.8. The molecule has 6 heteroatoms. The summed E-state index contributed by atoms with van der Waals surface area (Å²) < 4.78 is 33.0. The van der Waals surface area contributed by atoms with Gasteiger partial charge in [-0.25, -0.2) is 0 Å². The molecule has 0 aromatic carbocycles. The summed E-state index contributed by atoms with van der Waals surface area (Å²) in [6.45, 7) is 7.85. The van der Waals surface area contributed by atoms with Gasteiger partial charge in [0.05, 0.1) is 0 Å². The van der Waals surface area contributed by atoms with Crippen molar-refractivity contribution in [2.75, 3.05) is 6.61 Å². The van der Waals surface area contributed by atoms with E-state index in [0.29, 0.717) is 11.5 Å². The molecule has 2 unspecified atom stereocenters. The molecule has 0 radical (unpaired) electrons. The molecular formula is C14H27AsO5. The molecule has 20 heavy (non-hydrogen) atoms. The molecule has 0 aliphatic carbocycles. The number of carbonyl (C=O) groups is 1. The summed E-state index contributed by atoms with van der Waals surface area (Å²) in [6.07, 6.45) is 5.22. The third-order valence-electron chi connectivity index (χ3n) is 3.03. The topological polar surface area (TPSA) is 83.8 Å². The van der Waals surface area contributed by atoms with Gasteiger partial charge in [0.2, 0.25) is 0 Å². The Hall–Kier alpha value is -0.512. The summed E-state index contributed by atoms with van der Waals surface area (Å²) in [6, 6.07) is 0. The maximum absolute atomic E-state index is 11.6. The molecule has 0 amide bonds. The van der Waals surface area contributed by atoms with Crippen LogP contribution in [0.4, 0.5) is 0 Å². The third kappa shape index (κ3) is 10.3. The number of hydrogen-bond acceptors (Lipinski definition) is 3. The maximum atomic E-state index is 11.6. The molecule has 0 aliphatic rings. The fourth-order valence-electron chi connectivity index (χ4n) is 2.18. The number of hydrogen-bond donors (Lipinski definition) is 2. The average Bonchev–Trinajstić information content (AvgIpc) is 2.26. The van der Waals surface area contributed by atoms with Crippen LogP contribution in [0, 0.1) is 11.8 Å². The monoisotopic (exact) mass is 350 g/mol. The molecule has 0 aromatic rings. The summed E-state index contributed by atoms with van der Waals surface area (Å²) in [5.41, 5.74) is 0.499. The first kappa shape index (κ1) is 19.5. The van der Waals surface area contributed by atoms with Crippen LogP contribution in [0.15, 0.2) is 11.6 Å². The van der Waals surface area contributed by atoms with Crippen LogP contribution in [0.1, 0.15) is 47.0 Å². The summed E-state index contributed by atoms with van der Waals surface area (Å²) in [5, 5.41) is -0.375. The molecule has 0 saturated heterocycles. The van der Waals surface area contributed by atoms with Crippen LogP contribution in [0.5, 0.6) is 0 Å². The van der Waals surface area contributed by atoms with Gasteiger partial charge < -0.3 is 0 Å². The molecule has 5 nitrogen and oxygen atoms in total. The van der Waals surface area contributed by atoms with Crippen molar-refractivity contribution in [2.45, 2.75) is 52.2 Å². The molecule has 118 valence electrons. The number of carbonyl (C=O) groups excluding carboxylic acids is 1. The van der Waals surface area contributed by atoms with E-state index in [9.17, 15) is 8.53 Å². The molecule has 2 atom stereocenters. The van der Waals surface area contributed by atoms with E-state index in [2.05, 4.69) is 20.8 Å². The quantitative estimate of drug-likeness (QED) is 0.379. The molecule has 2 N–H and O–H groups in total. The number of esters is 1. The molecule has 0 aliphatic heterocycles. The van der Waals surface area contributed by atoms with Crippen molar-refractivity contribution in [3.8, 4) is 0 Å². The first-order chi connectivity index (χ1) is 9.15. The van der Waals surface area contributed by atoms with Crippen LogP contribution in [0.2, 0.25) is 5.21 Å². The Bertz CT molecular complexity index is 372. The van der Waals surface area contributed by atoms with E-state index >= 15 is 0 Å². The van der Waals surface area contributed by atoms with Gasteiger partial charge >= 0.3 is 124 Å². The molecule has 0 fully saturated rings. The Morgan fingerprint density at radius 2 is 1.95 bits per heavy atom. The Morgan fingerprint density at radius 1 is 1.35 bits per heavy atom. The fraction of sp³-hybridized carbons (Fsp3) is 0.786. The first-order valence-electron chi connectivity index (χ1n) is 7.05. The van der Waals surface area contributed by atoms with Crippen LogP contribution in [-0.4, -0.2) is 34.9 Å². The van der Waals surface area contributed by atoms with Gasteiger partial charge in [0.25, 0.3) is 0 Å². The predicted molar refractivity (Wildman–Crippen MR) is 78.3 cm³/mol. The predicted octanol–water partition coefficient (Wildman–Crippen LogP) is 2.29. The summed E-state index contributed by atoms with van der Waals surface area (Å²) in [5.74, 6) is 0.409. The van der Waals surface area contributed by atoms with Crippen LogP contribution < -0.4 is 0 Å². The number of rotatable bonds is 9. The number of allylic oxidation sites excluding steroid dienone is 1.